The molecule has 11 nitrogen and oxygen atoms in total. The Morgan fingerprint density at radius 2 is 1.88 bits per heavy atom. The van der Waals surface area contributed by atoms with E-state index in [2.05, 4.69) is 10.2 Å². The Morgan fingerprint density at radius 1 is 1.19 bits per heavy atom. The van der Waals surface area contributed by atoms with Gasteiger partial charge in [0.05, 0.1) is 42.9 Å². The number of anilines is 1. The summed E-state index contributed by atoms with van der Waals surface area (Å²) < 4.78 is 39.4. The molecule has 2 aromatic carbocycles. The second-order valence-corrected chi connectivity index (χ2v) is 13.3. The molecule has 2 N–H and O–H groups in total. The first-order valence-electron chi connectivity index (χ1n) is 14.0. The highest BCUT2D eigenvalue weighted by molar-refractivity contribution is 7.89. The average Bonchev–Trinajstić information content (AvgIpc) is 2.98. The van der Waals surface area contributed by atoms with Gasteiger partial charge in [-0.2, -0.15) is 4.31 Å². The topological polar surface area (TPSA) is 129 Å². The summed E-state index contributed by atoms with van der Waals surface area (Å²) in [6.45, 7) is 7.11. The zero-order valence-electron chi connectivity index (χ0n) is 24.2. The van der Waals surface area contributed by atoms with E-state index in [1.807, 2.05) is 6.92 Å². The SMILES string of the molecule is C[C@H]1CN([C@@H](C)CO)C(=O)c2cc(NC(=O)CCN3CCOCC3)ccc2O[C@H]1CN(C)S(=O)(=O)c1ccc(Cl)cc1. The number of aliphatic hydroxyl groups is 1. The lowest BCUT2D eigenvalue weighted by atomic mass is 9.99. The van der Waals surface area contributed by atoms with Gasteiger partial charge >= 0.3 is 0 Å². The summed E-state index contributed by atoms with van der Waals surface area (Å²) >= 11 is 5.94. The van der Waals surface area contributed by atoms with Gasteiger partial charge < -0.3 is 24.8 Å². The van der Waals surface area contributed by atoms with Crippen LogP contribution in [0, 0.1) is 5.92 Å². The standard InChI is InChI=1S/C29H39ClN4O7S/c1-20-17-34(21(2)19-35)29(37)25-16-23(31-28(36)10-11-33-12-14-40-15-13-33)6-9-26(25)41-27(20)18-32(3)42(38,39)24-7-4-22(30)5-8-24/h4-9,16,20-21,27,35H,10-15,17-19H2,1-3H3,(H,31,36)/t20-,21-,27-/m0/s1. The van der Waals surface area contributed by atoms with Crippen LogP contribution in [-0.2, 0) is 19.6 Å². The predicted molar refractivity (Wildman–Crippen MR) is 159 cm³/mol. The molecule has 2 aliphatic heterocycles. The van der Waals surface area contributed by atoms with Gasteiger partial charge in [0, 0.05) is 56.3 Å². The third-order valence-electron chi connectivity index (χ3n) is 7.67. The van der Waals surface area contributed by atoms with Gasteiger partial charge in [-0.15, -0.1) is 0 Å². The van der Waals surface area contributed by atoms with Crippen molar-refractivity contribution in [3.63, 3.8) is 0 Å². The van der Waals surface area contributed by atoms with Crippen LogP contribution in [0.25, 0.3) is 0 Å². The van der Waals surface area contributed by atoms with Crippen LogP contribution < -0.4 is 10.1 Å². The van der Waals surface area contributed by atoms with E-state index in [1.165, 1.54) is 35.6 Å². The molecule has 2 heterocycles. The molecular formula is C29H39ClN4O7S. The normalized spacial score (nSPS) is 20.8. The third kappa shape index (κ3) is 7.80. The van der Waals surface area contributed by atoms with Gasteiger partial charge in [0.25, 0.3) is 5.91 Å². The minimum absolute atomic E-state index is 0.0150. The van der Waals surface area contributed by atoms with Gasteiger partial charge in [-0.3, -0.25) is 14.5 Å². The molecule has 0 aliphatic carbocycles. The number of fused-ring (bicyclic) bond motifs is 1. The molecule has 0 radical (unpaired) electrons. The van der Waals surface area contributed by atoms with Crippen LogP contribution in [-0.4, -0.2) is 111 Å². The summed E-state index contributed by atoms with van der Waals surface area (Å²) in [5.74, 6) is -0.529. The molecule has 0 spiro atoms. The van der Waals surface area contributed by atoms with E-state index in [0.717, 1.165) is 13.1 Å². The lowest BCUT2D eigenvalue weighted by molar-refractivity contribution is -0.116. The van der Waals surface area contributed by atoms with E-state index in [0.29, 0.717) is 36.9 Å². The molecule has 0 bridgehead atoms. The molecule has 0 aromatic heterocycles. The Hall–Kier alpha value is -2.74. The van der Waals surface area contributed by atoms with E-state index in [9.17, 15) is 23.1 Å². The fraction of sp³-hybridized carbons (Fsp3) is 0.517. The number of aliphatic hydroxyl groups excluding tert-OH is 1. The summed E-state index contributed by atoms with van der Waals surface area (Å²) in [4.78, 5) is 30.2. The smallest absolute Gasteiger partial charge is 0.258 e. The number of hydrogen-bond donors (Lipinski definition) is 2. The zero-order chi connectivity index (χ0) is 30.4. The Morgan fingerprint density at radius 3 is 2.55 bits per heavy atom. The molecule has 4 rings (SSSR count). The van der Waals surface area contributed by atoms with Crippen molar-refractivity contribution in [2.45, 2.75) is 37.3 Å². The van der Waals surface area contributed by atoms with Crippen LogP contribution in [0.15, 0.2) is 47.4 Å². The largest absolute Gasteiger partial charge is 0.488 e. The van der Waals surface area contributed by atoms with Gasteiger partial charge in [-0.25, -0.2) is 8.42 Å². The van der Waals surface area contributed by atoms with Crippen LogP contribution in [0.1, 0.15) is 30.6 Å². The van der Waals surface area contributed by atoms with Crippen LogP contribution in [0.3, 0.4) is 0 Å². The molecule has 2 aliphatic rings. The molecule has 1 fully saturated rings. The van der Waals surface area contributed by atoms with Crippen molar-refractivity contribution in [2.24, 2.45) is 5.92 Å². The number of benzene rings is 2. The van der Waals surface area contributed by atoms with Crippen molar-refractivity contribution in [1.29, 1.82) is 0 Å². The fourth-order valence-corrected chi connectivity index (χ4v) is 6.27. The monoisotopic (exact) mass is 622 g/mol. The molecule has 0 saturated carbocycles. The Labute approximate surface area is 252 Å². The number of carbonyl (C=O) groups is 2. The van der Waals surface area contributed by atoms with Crippen LogP contribution >= 0.6 is 11.6 Å². The predicted octanol–water partition coefficient (Wildman–Crippen LogP) is 2.54. The van der Waals surface area contributed by atoms with Gasteiger partial charge in [0.1, 0.15) is 11.9 Å². The fourth-order valence-electron chi connectivity index (χ4n) is 4.96. The summed E-state index contributed by atoms with van der Waals surface area (Å²) in [5.41, 5.74) is 0.670. The van der Waals surface area contributed by atoms with Crippen molar-refractivity contribution in [2.75, 3.05) is 64.9 Å². The lowest BCUT2D eigenvalue weighted by Crippen LogP contribution is -2.50. The number of morpholine rings is 1. The van der Waals surface area contributed by atoms with E-state index in [4.69, 9.17) is 21.1 Å². The second-order valence-electron chi connectivity index (χ2n) is 10.8. The molecule has 2 aromatic rings. The number of rotatable bonds is 10. The highest BCUT2D eigenvalue weighted by Gasteiger charge is 2.35. The molecule has 1 saturated heterocycles. The maximum Gasteiger partial charge on any atom is 0.258 e. The molecule has 3 atom stereocenters. The van der Waals surface area contributed by atoms with Crippen molar-refractivity contribution in [1.82, 2.24) is 14.1 Å². The first-order valence-corrected chi connectivity index (χ1v) is 15.9. The quantitative estimate of drug-likeness (QED) is 0.414. The van der Waals surface area contributed by atoms with Crippen LogP contribution in [0.4, 0.5) is 5.69 Å². The maximum atomic E-state index is 13.7. The number of hydrogen-bond acceptors (Lipinski definition) is 8. The number of amides is 2. The third-order valence-corrected chi connectivity index (χ3v) is 9.76. The van der Waals surface area contributed by atoms with Crippen molar-refractivity contribution >= 4 is 39.1 Å². The minimum Gasteiger partial charge on any atom is -0.488 e. The van der Waals surface area contributed by atoms with Crippen molar-refractivity contribution in [3.05, 3.63) is 53.1 Å². The van der Waals surface area contributed by atoms with Gasteiger partial charge in [0.2, 0.25) is 15.9 Å². The highest BCUT2D eigenvalue weighted by Crippen LogP contribution is 2.31. The van der Waals surface area contributed by atoms with E-state index in [1.54, 1.807) is 30.0 Å². The molecule has 13 heteroatoms. The average molecular weight is 623 g/mol. The number of nitrogens with zero attached hydrogens (tertiary/aromatic N) is 3. The van der Waals surface area contributed by atoms with Crippen LogP contribution in [0.5, 0.6) is 5.75 Å². The highest BCUT2D eigenvalue weighted by atomic mass is 35.5. The van der Waals surface area contributed by atoms with Crippen molar-refractivity contribution in [3.8, 4) is 5.75 Å². The van der Waals surface area contributed by atoms with Crippen molar-refractivity contribution < 1.29 is 32.6 Å². The number of sulfonamides is 1. The molecule has 42 heavy (non-hydrogen) atoms. The van der Waals surface area contributed by atoms with E-state index < -0.39 is 22.2 Å². The van der Waals surface area contributed by atoms with Gasteiger partial charge in [-0.1, -0.05) is 18.5 Å². The Balaban J connectivity index is 1.55. The zero-order valence-corrected chi connectivity index (χ0v) is 25.7. The Bertz CT molecular complexity index is 1350. The lowest BCUT2D eigenvalue weighted by Gasteiger charge is -2.38. The number of carbonyl (C=O) groups excluding carboxylic acids is 2. The Kier molecular flexibility index (Phi) is 10.8. The van der Waals surface area contributed by atoms with Crippen LogP contribution in [0.2, 0.25) is 5.02 Å². The van der Waals surface area contributed by atoms with Gasteiger partial charge in [0.15, 0.2) is 0 Å². The molecule has 2 amide bonds. The number of ether oxygens (including phenoxy) is 2. The van der Waals surface area contributed by atoms with E-state index in [-0.39, 0.29) is 53.6 Å². The summed E-state index contributed by atoms with van der Waals surface area (Å²) in [7, 11) is -2.36. The minimum atomic E-state index is -3.84. The number of nitrogens with one attached hydrogen (secondary N) is 1. The number of halogens is 1. The summed E-state index contributed by atoms with van der Waals surface area (Å²) in [6.07, 6.45) is -0.324. The van der Waals surface area contributed by atoms with E-state index >= 15 is 0 Å². The maximum absolute atomic E-state index is 13.7. The summed E-state index contributed by atoms with van der Waals surface area (Å²) in [5, 5.41) is 13.2. The second kappa shape index (κ2) is 14.2. The molecule has 0 unspecified atom stereocenters. The first-order chi connectivity index (χ1) is 20.0. The molecule has 230 valence electrons. The van der Waals surface area contributed by atoms with Gasteiger partial charge in [-0.05, 0) is 49.4 Å². The summed E-state index contributed by atoms with van der Waals surface area (Å²) in [6, 6.07) is 10.3. The molecular weight excluding hydrogens is 584 g/mol. The first kappa shape index (κ1) is 32.2. The number of likely N-dealkylation sites (N-methyl/N-ethyl adjacent to an activating group) is 1.